The standard InChI is InChI=1S/C22H26N4O3/c1-24-22(28)26(17-7-3-4-8-17)20(23-24)15-10-12-25(13-11-15)21(27)19-14-16-6-2-5-9-18(16)29-19/h2,5-6,9,14-15,17H,3-4,7-8,10-13H2,1H3. The predicted octanol–water partition coefficient (Wildman–Crippen LogP) is 3.46. The molecule has 1 saturated carbocycles. The van der Waals surface area contributed by atoms with Gasteiger partial charge in [-0.1, -0.05) is 31.0 Å². The molecule has 0 radical (unpaired) electrons. The number of rotatable bonds is 3. The molecule has 0 atom stereocenters. The third-order valence-corrected chi connectivity index (χ3v) is 6.46. The molecule has 1 aliphatic carbocycles. The van der Waals surface area contributed by atoms with Crippen molar-refractivity contribution in [3.63, 3.8) is 0 Å². The number of piperidine rings is 1. The lowest BCUT2D eigenvalue weighted by Crippen LogP contribution is -2.38. The molecular formula is C22H26N4O3. The molecule has 1 aromatic carbocycles. The summed E-state index contributed by atoms with van der Waals surface area (Å²) in [7, 11) is 1.73. The number of likely N-dealkylation sites (tertiary alicyclic amines) is 1. The van der Waals surface area contributed by atoms with Crippen LogP contribution in [0.1, 0.15) is 66.9 Å². The highest BCUT2D eigenvalue weighted by molar-refractivity contribution is 5.96. The quantitative estimate of drug-likeness (QED) is 0.682. The Bertz CT molecular complexity index is 1060. The number of hydrogen-bond donors (Lipinski definition) is 0. The Morgan fingerprint density at radius 3 is 2.55 bits per heavy atom. The van der Waals surface area contributed by atoms with E-state index in [0.717, 1.165) is 42.5 Å². The second-order valence-corrected chi connectivity index (χ2v) is 8.29. The summed E-state index contributed by atoms with van der Waals surface area (Å²) in [6.45, 7) is 1.30. The third kappa shape index (κ3) is 3.18. The summed E-state index contributed by atoms with van der Waals surface area (Å²) in [5.41, 5.74) is 0.729. The molecule has 3 heterocycles. The summed E-state index contributed by atoms with van der Waals surface area (Å²) < 4.78 is 9.16. The van der Waals surface area contributed by atoms with Gasteiger partial charge in [-0.15, -0.1) is 0 Å². The number of furan rings is 1. The monoisotopic (exact) mass is 394 g/mol. The van der Waals surface area contributed by atoms with E-state index in [2.05, 4.69) is 5.10 Å². The first kappa shape index (κ1) is 18.2. The zero-order valence-corrected chi connectivity index (χ0v) is 16.7. The fraction of sp³-hybridized carbons (Fsp3) is 0.500. The Kier molecular flexibility index (Phi) is 4.53. The van der Waals surface area contributed by atoms with Crippen LogP contribution in [0, 0.1) is 0 Å². The van der Waals surface area contributed by atoms with Gasteiger partial charge in [0.1, 0.15) is 11.4 Å². The zero-order chi connectivity index (χ0) is 20.0. The smallest absolute Gasteiger partial charge is 0.345 e. The van der Waals surface area contributed by atoms with Crippen LogP contribution in [0.25, 0.3) is 11.0 Å². The number of fused-ring (bicyclic) bond motifs is 1. The minimum Gasteiger partial charge on any atom is -0.451 e. The molecule has 3 aromatic rings. The van der Waals surface area contributed by atoms with E-state index in [9.17, 15) is 9.59 Å². The average Bonchev–Trinajstić information content (AvgIpc) is 3.47. The van der Waals surface area contributed by atoms with E-state index < -0.39 is 0 Å². The van der Waals surface area contributed by atoms with E-state index in [-0.39, 0.29) is 23.6 Å². The van der Waals surface area contributed by atoms with Crippen molar-refractivity contribution in [2.24, 2.45) is 7.05 Å². The number of nitrogens with zero attached hydrogens (tertiary/aromatic N) is 4. The fourth-order valence-corrected chi connectivity index (χ4v) is 4.87. The zero-order valence-electron chi connectivity index (χ0n) is 16.7. The number of benzene rings is 1. The summed E-state index contributed by atoms with van der Waals surface area (Å²) >= 11 is 0. The summed E-state index contributed by atoms with van der Waals surface area (Å²) in [4.78, 5) is 27.4. The Balaban J connectivity index is 1.32. The lowest BCUT2D eigenvalue weighted by molar-refractivity contribution is 0.0680. The van der Waals surface area contributed by atoms with Crippen molar-refractivity contribution in [3.05, 3.63) is 52.4 Å². The van der Waals surface area contributed by atoms with Crippen molar-refractivity contribution in [1.82, 2.24) is 19.2 Å². The summed E-state index contributed by atoms with van der Waals surface area (Å²) in [5.74, 6) is 1.45. The molecule has 1 aliphatic heterocycles. The molecule has 5 rings (SSSR count). The van der Waals surface area contributed by atoms with E-state index in [1.165, 1.54) is 17.5 Å². The molecule has 7 heteroatoms. The van der Waals surface area contributed by atoms with Crippen LogP contribution >= 0.6 is 0 Å². The summed E-state index contributed by atoms with van der Waals surface area (Å²) in [6, 6.07) is 9.77. The second kappa shape index (κ2) is 7.21. The molecule has 2 fully saturated rings. The maximum Gasteiger partial charge on any atom is 0.345 e. The first-order chi connectivity index (χ1) is 14.1. The third-order valence-electron chi connectivity index (χ3n) is 6.46. The molecule has 2 aliphatic rings. The lowest BCUT2D eigenvalue weighted by Gasteiger charge is -2.31. The molecule has 152 valence electrons. The largest absolute Gasteiger partial charge is 0.451 e. The first-order valence-electron chi connectivity index (χ1n) is 10.5. The van der Waals surface area contributed by atoms with E-state index in [1.54, 1.807) is 7.05 Å². The summed E-state index contributed by atoms with van der Waals surface area (Å²) in [6.07, 6.45) is 6.10. The van der Waals surface area contributed by atoms with Gasteiger partial charge in [0.25, 0.3) is 5.91 Å². The number of amides is 1. The summed E-state index contributed by atoms with van der Waals surface area (Å²) in [5, 5.41) is 5.52. The number of aromatic nitrogens is 3. The van der Waals surface area contributed by atoms with E-state index >= 15 is 0 Å². The van der Waals surface area contributed by atoms with Crippen LogP contribution in [-0.2, 0) is 7.05 Å². The van der Waals surface area contributed by atoms with Gasteiger partial charge in [-0.3, -0.25) is 9.36 Å². The van der Waals surface area contributed by atoms with Crippen molar-refractivity contribution in [2.45, 2.75) is 50.5 Å². The molecule has 0 N–H and O–H groups in total. The number of aryl methyl sites for hydroxylation is 1. The second-order valence-electron chi connectivity index (χ2n) is 8.29. The SMILES string of the molecule is Cn1nc(C2CCN(C(=O)c3cc4ccccc4o3)CC2)n(C2CCCC2)c1=O. The minimum absolute atomic E-state index is 0.00678. The van der Waals surface area contributed by atoms with Gasteiger partial charge in [-0.25, -0.2) is 9.48 Å². The molecule has 0 bridgehead atoms. The topological polar surface area (TPSA) is 73.3 Å². The highest BCUT2D eigenvalue weighted by Gasteiger charge is 2.32. The Hall–Kier alpha value is -2.83. The van der Waals surface area contributed by atoms with Gasteiger partial charge in [0, 0.05) is 37.5 Å². The predicted molar refractivity (Wildman–Crippen MR) is 109 cm³/mol. The fourth-order valence-electron chi connectivity index (χ4n) is 4.87. The van der Waals surface area contributed by atoms with Crippen LogP contribution < -0.4 is 5.69 Å². The Morgan fingerprint density at radius 1 is 1.10 bits per heavy atom. The van der Waals surface area contributed by atoms with Crippen molar-refractivity contribution < 1.29 is 9.21 Å². The highest BCUT2D eigenvalue weighted by atomic mass is 16.3. The van der Waals surface area contributed by atoms with E-state index in [4.69, 9.17) is 4.42 Å². The number of para-hydroxylation sites is 1. The van der Waals surface area contributed by atoms with Crippen LogP contribution in [0.3, 0.4) is 0 Å². The molecule has 1 saturated heterocycles. The van der Waals surface area contributed by atoms with Crippen molar-refractivity contribution in [3.8, 4) is 0 Å². The van der Waals surface area contributed by atoms with Gasteiger partial charge in [0.2, 0.25) is 0 Å². The van der Waals surface area contributed by atoms with Gasteiger partial charge in [0.15, 0.2) is 5.76 Å². The molecular weight excluding hydrogens is 368 g/mol. The number of carbonyl (C=O) groups excluding carboxylic acids is 1. The Labute approximate surface area is 168 Å². The molecule has 0 spiro atoms. The first-order valence-corrected chi connectivity index (χ1v) is 10.5. The van der Waals surface area contributed by atoms with Gasteiger partial charge >= 0.3 is 5.69 Å². The number of carbonyl (C=O) groups is 1. The maximum absolute atomic E-state index is 12.9. The van der Waals surface area contributed by atoms with Gasteiger partial charge < -0.3 is 9.32 Å². The van der Waals surface area contributed by atoms with Crippen molar-refractivity contribution >= 4 is 16.9 Å². The van der Waals surface area contributed by atoms with Gasteiger partial charge in [0.05, 0.1) is 0 Å². The van der Waals surface area contributed by atoms with Crippen LogP contribution in [0.5, 0.6) is 0 Å². The van der Waals surface area contributed by atoms with Crippen LogP contribution in [0.2, 0.25) is 0 Å². The minimum atomic E-state index is -0.0612. The van der Waals surface area contributed by atoms with Gasteiger partial charge in [-0.05, 0) is 37.8 Å². The molecule has 29 heavy (non-hydrogen) atoms. The molecule has 7 nitrogen and oxygen atoms in total. The molecule has 0 unspecified atom stereocenters. The van der Waals surface area contributed by atoms with Crippen LogP contribution in [0.15, 0.2) is 39.5 Å². The maximum atomic E-state index is 12.9. The highest BCUT2D eigenvalue weighted by Crippen LogP contribution is 2.34. The van der Waals surface area contributed by atoms with E-state index in [0.29, 0.717) is 18.8 Å². The van der Waals surface area contributed by atoms with Crippen LogP contribution in [0.4, 0.5) is 0 Å². The van der Waals surface area contributed by atoms with Crippen molar-refractivity contribution in [2.75, 3.05) is 13.1 Å². The normalized spacial score (nSPS) is 18.7. The Morgan fingerprint density at radius 2 is 1.83 bits per heavy atom. The van der Waals surface area contributed by atoms with Gasteiger partial charge in [-0.2, -0.15) is 5.10 Å². The van der Waals surface area contributed by atoms with Crippen molar-refractivity contribution in [1.29, 1.82) is 0 Å². The average molecular weight is 394 g/mol. The molecule has 2 aromatic heterocycles. The number of hydrogen-bond acceptors (Lipinski definition) is 4. The molecule has 1 amide bonds. The van der Waals surface area contributed by atoms with Crippen LogP contribution in [-0.4, -0.2) is 38.2 Å². The van der Waals surface area contributed by atoms with E-state index in [1.807, 2.05) is 39.8 Å². The lowest BCUT2D eigenvalue weighted by atomic mass is 9.95.